The van der Waals surface area contributed by atoms with Gasteiger partial charge in [0.25, 0.3) is 5.72 Å². The molecule has 0 aromatic heterocycles. The number of benzene rings is 1. The Kier molecular flexibility index (Phi) is 4.61. The number of phenolic OH excluding ortho intramolecular Hbond substituents is 1. The fourth-order valence-corrected chi connectivity index (χ4v) is 2.55. The van der Waals surface area contributed by atoms with Crippen LogP contribution in [0.25, 0.3) is 0 Å². The van der Waals surface area contributed by atoms with Crippen LogP contribution in [0.4, 0.5) is 18.0 Å². The number of amides is 2. The molecule has 1 heterocycles. The van der Waals surface area contributed by atoms with Gasteiger partial charge < -0.3 is 25.6 Å². The summed E-state index contributed by atoms with van der Waals surface area (Å²) in [7, 11) is 0. The number of para-hydroxylation sites is 1. The number of hydrogen-bond acceptors (Lipinski definition) is 5. The highest BCUT2D eigenvalue weighted by atomic mass is 19.4. The largest absolute Gasteiger partial charge is 0.508 e. The number of phenols is 1. The number of carbonyl (C=O) groups excluding carboxylic acids is 2. The molecule has 1 fully saturated rings. The van der Waals surface area contributed by atoms with Crippen molar-refractivity contribution in [1.29, 1.82) is 0 Å². The van der Waals surface area contributed by atoms with Crippen LogP contribution in [0.2, 0.25) is 0 Å². The van der Waals surface area contributed by atoms with Crippen LogP contribution in [0.1, 0.15) is 18.5 Å². The minimum Gasteiger partial charge on any atom is -0.508 e. The lowest BCUT2D eigenvalue weighted by Crippen LogP contribution is -2.73. The maximum Gasteiger partial charge on any atom is 0.437 e. The minimum absolute atomic E-state index is 0.159. The molecule has 1 saturated heterocycles. The number of aliphatic hydroxyl groups is 1. The number of urea groups is 1. The van der Waals surface area contributed by atoms with E-state index in [-0.39, 0.29) is 12.2 Å². The molecule has 10 heteroatoms. The number of rotatable bonds is 3. The van der Waals surface area contributed by atoms with E-state index < -0.39 is 41.6 Å². The maximum atomic E-state index is 13.4. The van der Waals surface area contributed by atoms with Crippen LogP contribution in [-0.4, -0.2) is 40.7 Å². The van der Waals surface area contributed by atoms with E-state index in [9.17, 15) is 33.0 Å². The number of aromatic hydroxyl groups is 1. The van der Waals surface area contributed by atoms with Crippen LogP contribution >= 0.6 is 0 Å². The first-order valence-corrected chi connectivity index (χ1v) is 6.94. The minimum atomic E-state index is -5.36. The van der Waals surface area contributed by atoms with Gasteiger partial charge >= 0.3 is 18.2 Å². The zero-order chi connectivity index (χ0) is 18.1. The quantitative estimate of drug-likeness (QED) is 0.614. The Morgan fingerprint density at radius 1 is 1.38 bits per heavy atom. The molecule has 0 spiro atoms. The third-order valence-corrected chi connectivity index (χ3v) is 3.62. The van der Waals surface area contributed by atoms with E-state index in [1.54, 1.807) is 0 Å². The first kappa shape index (κ1) is 17.9. The Morgan fingerprint density at radius 2 is 2.00 bits per heavy atom. The first-order chi connectivity index (χ1) is 11.1. The second-order valence-electron chi connectivity index (χ2n) is 5.13. The van der Waals surface area contributed by atoms with Crippen LogP contribution in [0.5, 0.6) is 5.75 Å². The van der Waals surface area contributed by atoms with E-state index in [4.69, 9.17) is 0 Å². The average molecular weight is 348 g/mol. The third kappa shape index (κ3) is 2.96. The second-order valence-corrected chi connectivity index (χ2v) is 5.13. The van der Waals surface area contributed by atoms with Gasteiger partial charge in [-0.2, -0.15) is 13.2 Å². The summed E-state index contributed by atoms with van der Waals surface area (Å²) in [6, 6.07) is 2.23. The summed E-state index contributed by atoms with van der Waals surface area (Å²) in [4.78, 5) is 23.7. The Labute approximate surface area is 134 Å². The normalized spacial score (nSPS) is 27.1. The molecule has 132 valence electrons. The van der Waals surface area contributed by atoms with E-state index in [0.717, 1.165) is 0 Å². The number of halogens is 3. The molecule has 3 atom stereocenters. The van der Waals surface area contributed by atoms with Crippen molar-refractivity contribution in [3.63, 3.8) is 0 Å². The van der Waals surface area contributed by atoms with Crippen LogP contribution in [0.15, 0.2) is 24.3 Å². The Balaban J connectivity index is 2.60. The molecule has 4 N–H and O–H groups in total. The van der Waals surface area contributed by atoms with E-state index in [0.29, 0.717) is 0 Å². The van der Waals surface area contributed by atoms with Crippen LogP contribution in [-0.2, 0) is 9.53 Å². The molecule has 2 rings (SSSR count). The Bertz CT molecular complexity index is 652. The van der Waals surface area contributed by atoms with E-state index >= 15 is 0 Å². The zero-order valence-corrected chi connectivity index (χ0v) is 12.4. The fraction of sp³-hybridized carbons (Fsp3) is 0.429. The topological polar surface area (TPSA) is 108 Å². The van der Waals surface area contributed by atoms with Crippen molar-refractivity contribution in [2.45, 2.75) is 24.9 Å². The molecule has 2 amide bonds. The van der Waals surface area contributed by atoms with Crippen LogP contribution in [0.3, 0.4) is 0 Å². The van der Waals surface area contributed by atoms with Gasteiger partial charge in [-0.25, -0.2) is 4.79 Å². The van der Waals surface area contributed by atoms with Crippen molar-refractivity contribution in [1.82, 2.24) is 10.6 Å². The molecule has 1 aromatic rings. The summed E-state index contributed by atoms with van der Waals surface area (Å²) in [5.41, 5.74) is -4.01. The van der Waals surface area contributed by atoms with Gasteiger partial charge in [-0.05, 0) is 13.0 Å². The lowest BCUT2D eigenvalue weighted by atomic mass is 9.81. The highest BCUT2D eigenvalue weighted by molar-refractivity contribution is 5.83. The van der Waals surface area contributed by atoms with Crippen molar-refractivity contribution in [3.8, 4) is 5.75 Å². The number of carbonyl (C=O) groups is 2. The zero-order valence-electron chi connectivity index (χ0n) is 12.4. The predicted octanol–water partition coefficient (Wildman–Crippen LogP) is 1.18. The highest BCUT2D eigenvalue weighted by Gasteiger charge is 2.67. The second kappa shape index (κ2) is 6.19. The summed E-state index contributed by atoms with van der Waals surface area (Å²) in [6.45, 7) is 1.15. The number of nitrogens with one attached hydrogen (secondary N) is 2. The van der Waals surface area contributed by atoms with Crippen molar-refractivity contribution < 1.29 is 37.7 Å². The molecule has 1 aliphatic rings. The van der Waals surface area contributed by atoms with E-state index in [1.807, 2.05) is 0 Å². The van der Waals surface area contributed by atoms with Crippen molar-refractivity contribution in [3.05, 3.63) is 29.8 Å². The number of esters is 1. The Hall–Kier alpha value is -2.49. The van der Waals surface area contributed by atoms with Crippen molar-refractivity contribution >= 4 is 12.0 Å². The number of ether oxygens (including phenoxy) is 1. The maximum absolute atomic E-state index is 13.4. The SMILES string of the molecule is CCOC(=O)[C@@H]1[C@H](c2ccccc2O)NC(=O)N[C@@]1(O)C(F)(F)F. The Morgan fingerprint density at radius 3 is 2.54 bits per heavy atom. The first-order valence-electron chi connectivity index (χ1n) is 6.94. The van der Waals surface area contributed by atoms with Crippen LogP contribution < -0.4 is 10.6 Å². The standard InChI is InChI=1S/C14H15F3N2O5/c1-2-24-11(21)9-10(7-5-3-4-6-8(7)20)18-12(22)19-13(9,23)14(15,16)17/h3-6,9-10,20,23H,2H2,1H3,(H2,18,19,22)/t9-,10-,13-/m0/s1. The van der Waals surface area contributed by atoms with Gasteiger partial charge in [0.15, 0.2) is 0 Å². The van der Waals surface area contributed by atoms with Gasteiger partial charge in [-0.3, -0.25) is 4.79 Å². The molecule has 0 unspecified atom stereocenters. The summed E-state index contributed by atoms with van der Waals surface area (Å²) >= 11 is 0. The van der Waals surface area contributed by atoms with Crippen molar-refractivity contribution in [2.75, 3.05) is 6.61 Å². The van der Waals surface area contributed by atoms with Crippen molar-refractivity contribution in [2.24, 2.45) is 5.92 Å². The monoisotopic (exact) mass is 348 g/mol. The van der Waals surface area contributed by atoms with Crippen LogP contribution in [0, 0.1) is 5.92 Å². The predicted molar refractivity (Wildman–Crippen MR) is 73.6 cm³/mol. The molecular weight excluding hydrogens is 333 g/mol. The summed E-state index contributed by atoms with van der Waals surface area (Å²) in [6.07, 6.45) is -5.36. The van der Waals surface area contributed by atoms with Gasteiger partial charge in [-0.15, -0.1) is 0 Å². The lowest BCUT2D eigenvalue weighted by Gasteiger charge is -2.44. The average Bonchev–Trinajstić information content (AvgIpc) is 2.45. The highest BCUT2D eigenvalue weighted by Crippen LogP contribution is 2.44. The molecule has 1 aliphatic heterocycles. The molecule has 24 heavy (non-hydrogen) atoms. The smallest absolute Gasteiger partial charge is 0.437 e. The van der Waals surface area contributed by atoms with Gasteiger partial charge in [0.1, 0.15) is 11.7 Å². The fourth-order valence-electron chi connectivity index (χ4n) is 2.55. The van der Waals surface area contributed by atoms with Gasteiger partial charge in [0.2, 0.25) is 0 Å². The molecule has 0 radical (unpaired) electrons. The molecule has 1 aromatic carbocycles. The summed E-state index contributed by atoms with van der Waals surface area (Å²) < 4.78 is 44.8. The molecule has 7 nitrogen and oxygen atoms in total. The van der Waals surface area contributed by atoms with Gasteiger partial charge in [0.05, 0.1) is 12.6 Å². The molecule has 0 bridgehead atoms. The molecular formula is C14H15F3N2O5. The van der Waals surface area contributed by atoms with E-state index in [2.05, 4.69) is 10.1 Å². The number of hydrogen-bond donors (Lipinski definition) is 4. The van der Waals surface area contributed by atoms with Gasteiger partial charge in [-0.1, -0.05) is 18.2 Å². The number of alkyl halides is 3. The van der Waals surface area contributed by atoms with E-state index in [1.165, 1.54) is 36.5 Å². The summed E-state index contributed by atoms with van der Waals surface area (Å²) in [5.74, 6) is -4.08. The molecule has 0 aliphatic carbocycles. The summed E-state index contributed by atoms with van der Waals surface area (Å²) in [5, 5.41) is 23.4. The lowest BCUT2D eigenvalue weighted by molar-refractivity contribution is -0.294. The van der Waals surface area contributed by atoms with Gasteiger partial charge in [0, 0.05) is 5.56 Å². The third-order valence-electron chi connectivity index (χ3n) is 3.62. The molecule has 0 saturated carbocycles.